The second kappa shape index (κ2) is 10.9. The monoisotopic (exact) mass is 478 g/mol. The zero-order chi connectivity index (χ0) is 25.1. The van der Waals surface area contributed by atoms with Crippen molar-refractivity contribution in [3.05, 3.63) is 59.7 Å². The molecule has 2 saturated heterocycles. The summed E-state index contributed by atoms with van der Waals surface area (Å²) in [5.74, 6) is 0.343. The molecule has 3 atom stereocenters. The third-order valence-electron chi connectivity index (χ3n) is 7.32. The highest BCUT2D eigenvalue weighted by molar-refractivity contribution is 5.95. The predicted molar refractivity (Wildman–Crippen MR) is 138 cm³/mol. The van der Waals surface area contributed by atoms with Gasteiger partial charge in [0.1, 0.15) is 0 Å². The van der Waals surface area contributed by atoms with E-state index >= 15 is 0 Å². The molecule has 2 fully saturated rings. The second-order valence-corrected chi connectivity index (χ2v) is 10.3. The number of fused-ring (bicyclic) bond motifs is 1. The summed E-state index contributed by atoms with van der Waals surface area (Å²) >= 11 is 0. The van der Waals surface area contributed by atoms with Crippen LogP contribution < -0.4 is 0 Å². The summed E-state index contributed by atoms with van der Waals surface area (Å²) in [6.07, 6.45) is 2.03. The van der Waals surface area contributed by atoms with Crippen molar-refractivity contribution in [3.8, 4) is 11.1 Å². The van der Waals surface area contributed by atoms with Crippen LogP contribution in [-0.4, -0.2) is 110 Å². The first kappa shape index (κ1) is 25.4. The van der Waals surface area contributed by atoms with Gasteiger partial charge in [0.15, 0.2) is 0 Å². The smallest absolute Gasteiger partial charge is 0.253 e. The van der Waals surface area contributed by atoms with Crippen molar-refractivity contribution in [1.82, 2.24) is 19.6 Å². The molecule has 4 rings (SSSR count). The number of hydrogen-bond donors (Lipinski definition) is 1. The lowest BCUT2D eigenvalue weighted by Crippen LogP contribution is -2.68. The molecule has 0 unspecified atom stereocenters. The molecule has 188 valence electrons. The molecule has 2 aliphatic rings. The molecule has 7 heteroatoms. The highest BCUT2D eigenvalue weighted by atomic mass is 16.3. The zero-order valence-corrected chi connectivity index (χ0v) is 21.4. The molecule has 1 N–H and O–H groups in total. The van der Waals surface area contributed by atoms with E-state index in [0.29, 0.717) is 18.7 Å². The largest absolute Gasteiger partial charge is 0.395 e. The van der Waals surface area contributed by atoms with E-state index in [0.717, 1.165) is 37.1 Å². The first-order chi connectivity index (χ1) is 16.8. The number of aliphatic hydroxyl groups is 1. The molecule has 2 aliphatic heterocycles. The number of rotatable bonds is 6. The van der Waals surface area contributed by atoms with Gasteiger partial charge in [-0.25, -0.2) is 0 Å². The summed E-state index contributed by atoms with van der Waals surface area (Å²) < 4.78 is 0. The molecule has 0 spiro atoms. The molecule has 2 heterocycles. The van der Waals surface area contributed by atoms with Crippen molar-refractivity contribution in [2.45, 2.75) is 30.8 Å². The SMILES string of the molecule is CN(C)CC(=O)N1CCCCN2[C@H](CO)[C@H](c3ccc(-c4cccc(C(=O)N(C)C)c4)cc3)[C@H]2C1. The summed E-state index contributed by atoms with van der Waals surface area (Å²) in [6, 6.07) is 16.5. The lowest BCUT2D eigenvalue weighted by molar-refractivity contribution is -0.137. The van der Waals surface area contributed by atoms with Crippen LogP contribution in [0.3, 0.4) is 0 Å². The molecular formula is C28H38N4O3. The van der Waals surface area contributed by atoms with Crippen molar-refractivity contribution >= 4 is 11.8 Å². The maximum atomic E-state index is 12.9. The van der Waals surface area contributed by atoms with Crippen LogP contribution in [0.2, 0.25) is 0 Å². The maximum Gasteiger partial charge on any atom is 0.253 e. The van der Waals surface area contributed by atoms with Crippen molar-refractivity contribution in [2.75, 3.05) is 61.0 Å². The molecule has 0 radical (unpaired) electrons. The molecule has 2 amide bonds. The Morgan fingerprint density at radius 1 is 0.971 bits per heavy atom. The topological polar surface area (TPSA) is 67.3 Å². The van der Waals surface area contributed by atoms with E-state index in [4.69, 9.17) is 0 Å². The quantitative estimate of drug-likeness (QED) is 0.691. The molecule has 0 bridgehead atoms. The number of amides is 2. The molecular weight excluding hydrogens is 440 g/mol. The van der Waals surface area contributed by atoms with Gasteiger partial charge in [-0.05, 0) is 62.3 Å². The van der Waals surface area contributed by atoms with E-state index in [2.05, 4.69) is 29.2 Å². The van der Waals surface area contributed by atoms with Crippen LogP contribution in [0, 0.1) is 0 Å². The Morgan fingerprint density at radius 2 is 1.69 bits per heavy atom. The Bertz CT molecular complexity index is 1040. The van der Waals surface area contributed by atoms with Gasteiger partial charge in [-0.1, -0.05) is 36.4 Å². The van der Waals surface area contributed by atoms with Gasteiger partial charge in [0.2, 0.25) is 5.91 Å². The van der Waals surface area contributed by atoms with Crippen LogP contribution in [0.5, 0.6) is 0 Å². The molecule has 2 aromatic rings. The minimum absolute atomic E-state index is 0.0125. The number of nitrogens with zero attached hydrogens (tertiary/aromatic N) is 4. The Kier molecular flexibility index (Phi) is 7.89. The average Bonchev–Trinajstić information content (AvgIpc) is 2.82. The van der Waals surface area contributed by atoms with Gasteiger partial charge in [-0.2, -0.15) is 0 Å². The third-order valence-corrected chi connectivity index (χ3v) is 7.32. The number of aliphatic hydroxyl groups excluding tert-OH is 1. The van der Waals surface area contributed by atoms with Crippen LogP contribution in [0.4, 0.5) is 0 Å². The first-order valence-electron chi connectivity index (χ1n) is 12.5. The van der Waals surface area contributed by atoms with E-state index in [-0.39, 0.29) is 36.4 Å². The molecule has 35 heavy (non-hydrogen) atoms. The van der Waals surface area contributed by atoms with Gasteiger partial charge in [0.25, 0.3) is 5.91 Å². The Balaban J connectivity index is 1.55. The van der Waals surface area contributed by atoms with E-state index in [1.54, 1.807) is 19.0 Å². The highest BCUT2D eigenvalue weighted by Crippen LogP contribution is 2.42. The van der Waals surface area contributed by atoms with Gasteiger partial charge in [0, 0.05) is 50.7 Å². The Hall–Kier alpha value is -2.74. The standard InChI is InChI=1S/C28H38N4O3/c1-29(2)18-26(34)31-14-5-6-15-32-24(17-31)27(25(32)19-33)21-12-10-20(11-13-21)22-8-7-9-23(16-22)28(35)30(3)4/h7-13,16,24-25,27,33H,5-6,14-15,17-19H2,1-4H3/t24-,25-,27-/m1/s1. The van der Waals surface area contributed by atoms with Crippen molar-refractivity contribution in [1.29, 1.82) is 0 Å². The van der Waals surface area contributed by atoms with Crippen molar-refractivity contribution < 1.29 is 14.7 Å². The Morgan fingerprint density at radius 3 is 2.34 bits per heavy atom. The lowest BCUT2D eigenvalue weighted by atomic mass is 9.74. The van der Waals surface area contributed by atoms with E-state index in [1.807, 2.05) is 48.2 Å². The minimum Gasteiger partial charge on any atom is -0.395 e. The summed E-state index contributed by atoms with van der Waals surface area (Å²) in [5.41, 5.74) is 3.92. The van der Waals surface area contributed by atoms with Gasteiger partial charge in [-0.3, -0.25) is 14.5 Å². The number of hydrogen-bond acceptors (Lipinski definition) is 5. The van der Waals surface area contributed by atoms with Gasteiger partial charge < -0.3 is 19.8 Å². The Labute approximate surface area is 208 Å². The summed E-state index contributed by atoms with van der Waals surface area (Å²) in [5, 5.41) is 10.2. The fraction of sp³-hybridized carbons (Fsp3) is 0.500. The predicted octanol–water partition coefficient (Wildman–Crippen LogP) is 2.37. The first-order valence-corrected chi connectivity index (χ1v) is 12.5. The maximum absolute atomic E-state index is 12.9. The number of carbonyl (C=O) groups excluding carboxylic acids is 2. The van der Waals surface area contributed by atoms with E-state index in [9.17, 15) is 14.7 Å². The molecule has 0 aromatic heterocycles. The zero-order valence-electron chi connectivity index (χ0n) is 21.4. The lowest BCUT2D eigenvalue weighted by Gasteiger charge is -2.57. The van der Waals surface area contributed by atoms with Crippen LogP contribution in [0.15, 0.2) is 48.5 Å². The molecule has 2 aromatic carbocycles. The van der Waals surface area contributed by atoms with Gasteiger partial charge >= 0.3 is 0 Å². The summed E-state index contributed by atoms with van der Waals surface area (Å²) in [4.78, 5) is 33.1. The second-order valence-electron chi connectivity index (χ2n) is 10.3. The van der Waals surface area contributed by atoms with Crippen molar-refractivity contribution in [3.63, 3.8) is 0 Å². The summed E-state index contributed by atoms with van der Waals surface area (Å²) in [7, 11) is 7.37. The van der Waals surface area contributed by atoms with Crippen LogP contribution in [-0.2, 0) is 4.79 Å². The fourth-order valence-electron chi connectivity index (χ4n) is 5.53. The number of carbonyl (C=O) groups is 2. The normalized spacial score (nSPS) is 22.7. The minimum atomic E-state index is -0.0125. The van der Waals surface area contributed by atoms with E-state index in [1.165, 1.54) is 5.56 Å². The van der Waals surface area contributed by atoms with E-state index < -0.39 is 0 Å². The number of benzene rings is 2. The molecule has 0 aliphatic carbocycles. The molecule has 7 nitrogen and oxygen atoms in total. The molecule has 0 saturated carbocycles. The van der Waals surface area contributed by atoms with Gasteiger partial charge in [-0.15, -0.1) is 0 Å². The van der Waals surface area contributed by atoms with Gasteiger partial charge in [0.05, 0.1) is 13.2 Å². The van der Waals surface area contributed by atoms with Crippen LogP contribution in [0.1, 0.15) is 34.7 Å². The highest BCUT2D eigenvalue weighted by Gasteiger charge is 2.49. The number of likely N-dealkylation sites (N-methyl/N-ethyl adjacent to an activating group) is 1. The van der Waals surface area contributed by atoms with Crippen molar-refractivity contribution in [2.24, 2.45) is 0 Å². The van der Waals surface area contributed by atoms with Crippen LogP contribution in [0.25, 0.3) is 11.1 Å². The summed E-state index contributed by atoms with van der Waals surface area (Å²) in [6.45, 7) is 3.00. The fourth-order valence-corrected chi connectivity index (χ4v) is 5.53. The van der Waals surface area contributed by atoms with Crippen LogP contribution >= 0.6 is 0 Å². The third kappa shape index (κ3) is 5.42. The average molecular weight is 479 g/mol.